The first-order valence-electron chi connectivity index (χ1n) is 8.58. The molecule has 1 aliphatic heterocycles. The number of aliphatic carboxylic acids is 1. The first-order chi connectivity index (χ1) is 12.8. The third-order valence-electron chi connectivity index (χ3n) is 4.17. The summed E-state index contributed by atoms with van der Waals surface area (Å²) in [6, 6.07) is 8.24. The fraction of sp³-hybridized carbons (Fsp3) is 0.556. The number of nitrogens with one attached hydrogen (secondary N) is 1. The van der Waals surface area contributed by atoms with Crippen LogP contribution in [0.15, 0.2) is 30.3 Å². The van der Waals surface area contributed by atoms with E-state index in [9.17, 15) is 19.8 Å². The first kappa shape index (κ1) is 21.3. The molecule has 1 amide bonds. The number of aliphatic hydroxyl groups is 2. The van der Waals surface area contributed by atoms with Crippen LogP contribution < -0.4 is 5.32 Å². The van der Waals surface area contributed by atoms with Crippen LogP contribution in [-0.2, 0) is 30.4 Å². The summed E-state index contributed by atoms with van der Waals surface area (Å²) in [4.78, 5) is 22.5. The van der Waals surface area contributed by atoms with Crippen molar-refractivity contribution in [2.75, 3.05) is 6.61 Å². The van der Waals surface area contributed by atoms with Crippen molar-refractivity contribution < 1.29 is 39.1 Å². The quantitative estimate of drug-likeness (QED) is 0.478. The van der Waals surface area contributed by atoms with E-state index in [4.69, 9.17) is 19.3 Å². The Hall–Kier alpha value is -2.04. The molecule has 0 aliphatic carbocycles. The van der Waals surface area contributed by atoms with Crippen molar-refractivity contribution in [1.29, 1.82) is 0 Å². The van der Waals surface area contributed by atoms with Crippen LogP contribution in [0.3, 0.4) is 0 Å². The van der Waals surface area contributed by atoms with Gasteiger partial charge in [0.2, 0.25) is 5.91 Å². The second kappa shape index (κ2) is 9.77. The Morgan fingerprint density at radius 1 is 1.26 bits per heavy atom. The minimum absolute atomic E-state index is 0.0543. The third-order valence-corrected chi connectivity index (χ3v) is 4.17. The molecule has 0 spiro atoms. The topological polar surface area (TPSA) is 135 Å². The largest absolute Gasteiger partial charge is 0.479 e. The fourth-order valence-electron chi connectivity index (χ4n) is 2.78. The second-order valence-corrected chi connectivity index (χ2v) is 6.36. The number of carboxylic acids is 1. The van der Waals surface area contributed by atoms with Crippen LogP contribution in [0.2, 0.25) is 0 Å². The summed E-state index contributed by atoms with van der Waals surface area (Å²) in [5, 5.41) is 32.3. The number of benzene rings is 1. The van der Waals surface area contributed by atoms with Crippen LogP contribution >= 0.6 is 0 Å². The average Bonchev–Trinajstić information content (AvgIpc) is 2.62. The maximum Gasteiger partial charge on any atom is 0.332 e. The summed E-state index contributed by atoms with van der Waals surface area (Å²) in [6.07, 6.45) is -6.21. The zero-order valence-electron chi connectivity index (χ0n) is 15.1. The van der Waals surface area contributed by atoms with Gasteiger partial charge in [-0.05, 0) is 12.5 Å². The molecule has 1 heterocycles. The Morgan fingerprint density at radius 3 is 2.52 bits per heavy atom. The van der Waals surface area contributed by atoms with E-state index in [1.165, 1.54) is 13.8 Å². The minimum Gasteiger partial charge on any atom is -0.479 e. The van der Waals surface area contributed by atoms with Crippen LogP contribution in [0.25, 0.3) is 0 Å². The molecular formula is C18H25NO8. The van der Waals surface area contributed by atoms with Crippen molar-refractivity contribution in [3.63, 3.8) is 0 Å². The molecule has 6 atom stereocenters. The van der Waals surface area contributed by atoms with Gasteiger partial charge in [0.15, 0.2) is 12.4 Å². The summed E-state index contributed by atoms with van der Waals surface area (Å²) in [6.45, 7) is 2.74. The van der Waals surface area contributed by atoms with E-state index in [1.807, 2.05) is 30.3 Å². The maximum absolute atomic E-state index is 11.4. The number of carbonyl (C=O) groups excluding carboxylic acids is 1. The van der Waals surface area contributed by atoms with E-state index in [0.29, 0.717) is 0 Å². The zero-order chi connectivity index (χ0) is 20.0. The van der Waals surface area contributed by atoms with Gasteiger partial charge in [0.1, 0.15) is 24.4 Å². The molecular weight excluding hydrogens is 358 g/mol. The highest BCUT2D eigenvalue weighted by molar-refractivity contribution is 5.73. The molecule has 0 aromatic heterocycles. The van der Waals surface area contributed by atoms with Gasteiger partial charge < -0.3 is 34.8 Å². The summed E-state index contributed by atoms with van der Waals surface area (Å²) < 4.78 is 16.3. The molecule has 1 saturated heterocycles. The van der Waals surface area contributed by atoms with Crippen molar-refractivity contribution in [2.45, 2.75) is 57.2 Å². The Balaban J connectivity index is 2.04. The SMILES string of the molecule is CC(=O)N[C@@H]1[C@@H](O[C@H](C)C(=O)O)[C@H](O)[C@@H](COCc2ccccc2)O[C@@H]1O. The smallest absolute Gasteiger partial charge is 0.332 e. The molecule has 1 aliphatic rings. The van der Waals surface area contributed by atoms with E-state index in [0.717, 1.165) is 5.56 Å². The average molecular weight is 383 g/mol. The van der Waals surface area contributed by atoms with Gasteiger partial charge in [-0.15, -0.1) is 0 Å². The Kier molecular flexibility index (Phi) is 7.69. The van der Waals surface area contributed by atoms with E-state index < -0.39 is 48.6 Å². The monoisotopic (exact) mass is 383 g/mol. The predicted octanol–water partition coefficient (Wildman–Crippen LogP) is -0.356. The molecule has 0 radical (unpaired) electrons. The summed E-state index contributed by atoms with van der Waals surface area (Å²) in [5.74, 6) is -1.72. The van der Waals surface area contributed by atoms with Gasteiger partial charge in [0.05, 0.1) is 13.2 Å². The van der Waals surface area contributed by atoms with Crippen LogP contribution in [0.1, 0.15) is 19.4 Å². The van der Waals surface area contributed by atoms with Gasteiger partial charge in [0, 0.05) is 6.92 Å². The molecule has 9 nitrogen and oxygen atoms in total. The number of amides is 1. The number of aliphatic hydroxyl groups excluding tert-OH is 2. The summed E-state index contributed by atoms with van der Waals surface area (Å²) in [5.41, 5.74) is 0.923. The van der Waals surface area contributed by atoms with E-state index in [1.54, 1.807) is 0 Å². The lowest BCUT2D eigenvalue weighted by atomic mass is 9.96. The van der Waals surface area contributed by atoms with Gasteiger partial charge in [-0.3, -0.25) is 4.79 Å². The highest BCUT2D eigenvalue weighted by Crippen LogP contribution is 2.24. The number of carboxylic acid groups (broad SMARTS) is 1. The van der Waals surface area contributed by atoms with Gasteiger partial charge in [-0.25, -0.2) is 4.79 Å². The lowest BCUT2D eigenvalue weighted by Gasteiger charge is -2.43. The number of carbonyl (C=O) groups is 2. The van der Waals surface area contributed by atoms with Crippen molar-refractivity contribution >= 4 is 11.9 Å². The van der Waals surface area contributed by atoms with E-state index in [2.05, 4.69) is 5.32 Å². The molecule has 0 unspecified atom stereocenters. The predicted molar refractivity (Wildman–Crippen MR) is 92.6 cm³/mol. The molecule has 27 heavy (non-hydrogen) atoms. The number of rotatable bonds is 8. The second-order valence-electron chi connectivity index (χ2n) is 6.36. The fourth-order valence-corrected chi connectivity index (χ4v) is 2.78. The lowest BCUT2D eigenvalue weighted by Crippen LogP contribution is -2.65. The van der Waals surface area contributed by atoms with Crippen molar-refractivity contribution in [3.05, 3.63) is 35.9 Å². The minimum atomic E-state index is -1.49. The molecule has 1 aromatic rings. The highest BCUT2D eigenvalue weighted by atomic mass is 16.6. The Labute approximate surface area is 156 Å². The van der Waals surface area contributed by atoms with Gasteiger partial charge >= 0.3 is 5.97 Å². The van der Waals surface area contributed by atoms with Crippen LogP contribution in [0, 0.1) is 0 Å². The Bertz CT molecular complexity index is 625. The van der Waals surface area contributed by atoms with Crippen molar-refractivity contribution in [2.24, 2.45) is 0 Å². The molecule has 4 N–H and O–H groups in total. The molecule has 1 fully saturated rings. The van der Waals surface area contributed by atoms with Crippen LogP contribution in [0.5, 0.6) is 0 Å². The first-order valence-corrected chi connectivity index (χ1v) is 8.58. The molecule has 1 aromatic carbocycles. The standard InChI is InChI=1S/C18H25NO8/c1-10(17(22)23)26-16-14(19-11(2)20)18(24)27-13(15(16)21)9-25-8-12-6-4-3-5-7-12/h3-7,10,13-16,18,21,24H,8-9H2,1-2H3,(H,19,20)(H,22,23)/t10-,13-,14-,15-,16-,18+/m1/s1. The van der Waals surface area contributed by atoms with E-state index >= 15 is 0 Å². The summed E-state index contributed by atoms with van der Waals surface area (Å²) >= 11 is 0. The zero-order valence-corrected chi connectivity index (χ0v) is 15.1. The normalized spacial score (nSPS) is 29.1. The highest BCUT2D eigenvalue weighted by Gasteiger charge is 2.47. The molecule has 2 rings (SSSR count). The van der Waals surface area contributed by atoms with Gasteiger partial charge in [-0.2, -0.15) is 0 Å². The maximum atomic E-state index is 11.4. The molecule has 150 valence electrons. The number of hydrogen-bond donors (Lipinski definition) is 4. The van der Waals surface area contributed by atoms with Crippen molar-refractivity contribution in [3.8, 4) is 0 Å². The van der Waals surface area contributed by atoms with Crippen molar-refractivity contribution in [1.82, 2.24) is 5.32 Å². The summed E-state index contributed by atoms with van der Waals surface area (Å²) in [7, 11) is 0. The molecule has 0 bridgehead atoms. The van der Waals surface area contributed by atoms with Crippen LogP contribution in [0.4, 0.5) is 0 Å². The van der Waals surface area contributed by atoms with Crippen LogP contribution in [-0.4, -0.2) is 70.6 Å². The molecule has 9 heteroatoms. The third kappa shape index (κ3) is 5.98. The number of ether oxygens (including phenoxy) is 3. The van der Waals surface area contributed by atoms with E-state index in [-0.39, 0.29) is 13.2 Å². The molecule has 0 saturated carbocycles. The van der Waals surface area contributed by atoms with Gasteiger partial charge in [-0.1, -0.05) is 30.3 Å². The number of hydrogen-bond acceptors (Lipinski definition) is 7. The lowest BCUT2D eigenvalue weighted by molar-refractivity contribution is -0.270. The Morgan fingerprint density at radius 2 is 1.93 bits per heavy atom. The van der Waals surface area contributed by atoms with Gasteiger partial charge in [0.25, 0.3) is 0 Å².